The first kappa shape index (κ1) is 13.7. The van der Waals surface area contributed by atoms with Gasteiger partial charge in [0, 0.05) is 11.1 Å². The summed E-state index contributed by atoms with van der Waals surface area (Å²) in [5.74, 6) is -0.498. The molecule has 0 saturated heterocycles. The molecule has 22 heavy (non-hydrogen) atoms. The summed E-state index contributed by atoms with van der Waals surface area (Å²) in [6.45, 7) is 0. The standard InChI is InChI=1S/C16H12N4O2/c17-16(22)12-6-8-13(9-7-12)20-15(14(10-21)18-19-20)11-4-2-1-3-5-11/h1-10H,(H2,17,22). The molecule has 0 aliphatic heterocycles. The lowest BCUT2D eigenvalue weighted by molar-refractivity contribution is 0.1000. The molecule has 0 bridgehead atoms. The Hall–Kier alpha value is -3.28. The summed E-state index contributed by atoms with van der Waals surface area (Å²) < 4.78 is 1.56. The van der Waals surface area contributed by atoms with E-state index in [1.807, 2.05) is 30.3 Å². The Balaban J connectivity index is 2.14. The number of nitrogens with two attached hydrogens (primary N) is 1. The Labute approximate surface area is 126 Å². The molecule has 108 valence electrons. The topological polar surface area (TPSA) is 90.9 Å². The summed E-state index contributed by atoms with van der Waals surface area (Å²) in [6, 6.07) is 16.0. The van der Waals surface area contributed by atoms with Gasteiger partial charge in [-0.05, 0) is 24.3 Å². The van der Waals surface area contributed by atoms with Gasteiger partial charge in [0.25, 0.3) is 0 Å². The predicted molar refractivity (Wildman–Crippen MR) is 80.7 cm³/mol. The Morgan fingerprint density at radius 3 is 2.32 bits per heavy atom. The first-order valence-electron chi connectivity index (χ1n) is 6.57. The average Bonchev–Trinajstić information content (AvgIpc) is 2.99. The smallest absolute Gasteiger partial charge is 0.248 e. The van der Waals surface area contributed by atoms with E-state index in [4.69, 9.17) is 5.73 Å². The first-order chi connectivity index (χ1) is 10.7. The van der Waals surface area contributed by atoms with Crippen LogP contribution in [0.2, 0.25) is 0 Å². The fourth-order valence-electron chi connectivity index (χ4n) is 2.19. The highest BCUT2D eigenvalue weighted by atomic mass is 16.1. The van der Waals surface area contributed by atoms with Gasteiger partial charge in [-0.1, -0.05) is 35.5 Å². The van der Waals surface area contributed by atoms with Crippen LogP contribution < -0.4 is 5.73 Å². The van der Waals surface area contributed by atoms with Crippen LogP contribution >= 0.6 is 0 Å². The Morgan fingerprint density at radius 2 is 1.73 bits per heavy atom. The number of aldehydes is 1. The molecule has 0 radical (unpaired) electrons. The Kier molecular flexibility index (Phi) is 3.49. The molecule has 3 aromatic rings. The molecule has 6 heteroatoms. The van der Waals surface area contributed by atoms with Gasteiger partial charge in [0.2, 0.25) is 5.91 Å². The molecule has 0 atom stereocenters. The molecule has 0 spiro atoms. The van der Waals surface area contributed by atoms with E-state index in [0.29, 0.717) is 23.2 Å². The molecule has 0 aliphatic carbocycles. The maximum atomic E-state index is 11.2. The number of carbonyl (C=O) groups excluding carboxylic acids is 2. The van der Waals surface area contributed by atoms with E-state index in [-0.39, 0.29) is 5.69 Å². The maximum absolute atomic E-state index is 11.2. The van der Waals surface area contributed by atoms with Crippen LogP contribution in [-0.4, -0.2) is 27.2 Å². The molecule has 3 rings (SSSR count). The normalized spacial score (nSPS) is 10.4. The van der Waals surface area contributed by atoms with Crippen molar-refractivity contribution >= 4 is 12.2 Å². The van der Waals surface area contributed by atoms with Gasteiger partial charge >= 0.3 is 0 Å². The minimum atomic E-state index is -0.498. The van der Waals surface area contributed by atoms with Gasteiger partial charge in [-0.15, -0.1) is 5.10 Å². The number of rotatable bonds is 4. The second-order valence-electron chi connectivity index (χ2n) is 4.63. The largest absolute Gasteiger partial charge is 0.366 e. The average molecular weight is 292 g/mol. The number of hydrogen-bond acceptors (Lipinski definition) is 4. The molecule has 0 unspecified atom stereocenters. The number of benzene rings is 2. The maximum Gasteiger partial charge on any atom is 0.248 e. The molecule has 0 saturated carbocycles. The molecular weight excluding hydrogens is 280 g/mol. The number of aromatic nitrogens is 3. The fourth-order valence-corrected chi connectivity index (χ4v) is 2.19. The molecule has 6 nitrogen and oxygen atoms in total. The third kappa shape index (κ3) is 2.37. The van der Waals surface area contributed by atoms with Crippen molar-refractivity contribution in [3.63, 3.8) is 0 Å². The Bertz CT molecular complexity index is 823. The van der Waals surface area contributed by atoms with E-state index in [1.165, 1.54) is 0 Å². The summed E-state index contributed by atoms with van der Waals surface area (Å²) in [4.78, 5) is 22.3. The first-order valence-corrected chi connectivity index (χ1v) is 6.57. The fraction of sp³-hybridized carbons (Fsp3) is 0. The van der Waals surface area contributed by atoms with E-state index in [2.05, 4.69) is 10.3 Å². The summed E-state index contributed by atoms with van der Waals surface area (Å²) in [7, 11) is 0. The van der Waals surface area contributed by atoms with Crippen LogP contribution in [0, 0.1) is 0 Å². The lowest BCUT2D eigenvalue weighted by atomic mass is 10.1. The molecule has 2 N–H and O–H groups in total. The van der Waals surface area contributed by atoms with Crippen molar-refractivity contribution in [2.75, 3.05) is 0 Å². The predicted octanol–water partition coefficient (Wildman–Crippen LogP) is 1.85. The van der Waals surface area contributed by atoms with Crippen LogP contribution in [0.1, 0.15) is 20.8 Å². The zero-order chi connectivity index (χ0) is 15.5. The lowest BCUT2D eigenvalue weighted by Crippen LogP contribution is -2.11. The van der Waals surface area contributed by atoms with Crippen LogP contribution in [0.25, 0.3) is 16.9 Å². The second-order valence-corrected chi connectivity index (χ2v) is 4.63. The molecule has 0 aliphatic rings. The summed E-state index contributed by atoms with van der Waals surface area (Å²) in [6.07, 6.45) is 0.670. The van der Waals surface area contributed by atoms with Gasteiger partial charge < -0.3 is 5.73 Å². The quantitative estimate of drug-likeness (QED) is 0.743. The van der Waals surface area contributed by atoms with Crippen molar-refractivity contribution in [3.05, 3.63) is 65.9 Å². The second kappa shape index (κ2) is 5.61. The summed E-state index contributed by atoms with van der Waals surface area (Å²) in [5.41, 5.74) is 8.00. The van der Waals surface area contributed by atoms with Crippen molar-refractivity contribution in [3.8, 4) is 16.9 Å². The van der Waals surface area contributed by atoms with E-state index >= 15 is 0 Å². The van der Waals surface area contributed by atoms with Crippen LogP contribution in [-0.2, 0) is 0 Å². The van der Waals surface area contributed by atoms with E-state index in [9.17, 15) is 9.59 Å². The third-order valence-electron chi connectivity index (χ3n) is 3.25. The van der Waals surface area contributed by atoms with Crippen LogP contribution in [0.15, 0.2) is 54.6 Å². The molecule has 0 fully saturated rings. The lowest BCUT2D eigenvalue weighted by Gasteiger charge is -2.07. The van der Waals surface area contributed by atoms with Crippen molar-refractivity contribution in [1.82, 2.24) is 15.0 Å². The third-order valence-corrected chi connectivity index (χ3v) is 3.25. The van der Waals surface area contributed by atoms with Gasteiger partial charge in [-0.25, -0.2) is 4.68 Å². The molecular formula is C16H12N4O2. The summed E-state index contributed by atoms with van der Waals surface area (Å²) >= 11 is 0. The Morgan fingerprint density at radius 1 is 1.05 bits per heavy atom. The van der Waals surface area contributed by atoms with Crippen molar-refractivity contribution in [2.45, 2.75) is 0 Å². The van der Waals surface area contributed by atoms with Crippen molar-refractivity contribution in [2.24, 2.45) is 5.73 Å². The van der Waals surface area contributed by atoms with Gasteiger partial charge in [-0.3, -0.25) is 9.59 Å². The van der Waals surface area contributed by atoms with Crippen LogP contribution in [0.5, 0.6) is 0 Å². The molecule has 1 amide bonds. The number of carbonyl (C=O) groups is 2. The van der Waals surface area contributed by atoms with Crippen LogP contribution in [0.3, 0.4) is 0 Å². The number of primary amides is 1. The molecule has 1 aromatic heterocycles. The molecule has 2 aromatic carbocycles. The van der Waals surface area contributed by atoms with Gasteiger partial charge in [-0.2, -0.15) is 0 Å². The zero-order valence-corrected chi connectivity index (χ0v) is 11.5. The highest BCUT2D eigenvalue weighted by Crippen LogP contribution is 2.24. The number of amides is 1. The van der Waals surface area contributed by atoms with Crippen molar-refractivity contribution < 1.29 is 9.59 Å². The highest BCUT2D eigenvalue weighted by molar-refractivity contribution is 5.93. The van der Waals surface area contributed by atoms with Crippen molar-refractivity contribution in [1.29, 1.82) is 0 Å². The SMILES string of the molecule is NC(=O)c1ccc(-n2nnc(C=O)c2-c2ccccc2)cc1. The summed E-state index contributed by atoms with van der Waals surface area (Å²) in [5, 5.41) is 7.93. The van der Waals surface area contributed by atoms with E-state index in [1.54, 1.807) is 28.9 Å². The van der Waals surface area contributed by atoms with Gasteiger partial charge in [0.05, 0.1) is 5.69 Å². The number of hydrogen-bond donors (Lipinski definition) is 1. The number of nitrogens with zero attached hydrogens (tertiary/aromatic N) is 3. The zero-order valence-electron chi connectivity index (χ0n) is 11.5. The van der Waals surface area contributed by atoms with E-state index in [0.717, 1.165) is 5.56 Å². The molecule has 1 heterocycles. The van der Waals surface area contributed by atoms with Gasteiger partial charge in [0.15, 0.2) is 12.0 Å². The monoisotopic (exact) mass is 292 g/mol. The minimum absolute atomic E-state index is 0.255. The highest BCUT2D eigenvalue weighted by Gasteiger charge is 2.15. The van der Waals surface area contributed by atoms with E-state index < -0.39 is 5.91 Å². The van der Waals surface area contributed by atoms with Gasteiger partial charge in [0.1, 0.15) is 5.69 Å². The minimum Gasteiger partial charge on any atom is -0.366 e. The van der Waals surface area contributed by atoms with Crippen LogP contribution in [0.4, 0.5) is 0 Å².